The number of carboxylic acid groups (broad SMARTS) is 1. The lowest BCUT2D eigenvalue weighted by Crippen LogP contribution is -2.29. The number of aliphatic carboxylic acids is 1. The normalized spacial score (nSPS) is 10.7. The number of hydrazone groups is 1. The number of hydrogen-bond donors (Lipinski definition) is 3. The van der Waals surface area contributed by atoms with Crippen LogP contribution in [0.15, 0.2) is 34.2 Å². The second kappa shape index (κ2) is 7.77. The highest BCUT2D eigenvalue weighted by Gasteiger charge is 2.10. The number of aromatic nitrogens is 2. The first-order valence-electron chi connectivity index (χ1n) is 6.97. The predicted molar refractivity (Wildman–Crippen MR) is 82.5 cm³/mol. The van der Waals surface area contributed by atoms with Gasteiger partial charge in [-0.05, 0) is 19.1 Å². The third-order valence-electron chi connectivity index (χ3n) is 3.09. The van der Waals surface area contributed by atoms with E-state index in [1.54, 1.807) is 31.2 Å². The summed E-state index contributed by atoms with van der Waals surface area (Å²) in [5.41, 5.74) is 3.34. The first-order valence-corrected chi connectivity index (χ1v) is 6.97. The van der Waals surface area contributed by atoms with Gasteiger partial charge in [0.1, 0.15) is 12.4 Å². The van der Waals surface area contributed by atoms with E-state index in [2.05, 4.69) is 20.7 Å². The van der Waals surface area contributed by atoms with E-state index in [-0.39, 0.29) is 17.7 Å². The molecule has 0 unspecified atom stereocenters. The van der Waals surface area contributed by atoms with Gasteiger partial charge >= 0.3 is 0 Å². The van der Waals surface area contributed by atoms with Crippen LogP contribution in [0, 0.1) is 6.92 Å². The van der Waals surface area contributed by atoms with Gasteiger partial charge in [-0.3, -0.25) is 14.7 Å². The van der Waals surface area contributed by atoms with Crippen LogP contribution in [0.25, 0.3) is 0 Å². The van der Waals surface area contributed by atoms with Crippen LogP contribution in [0.5, 0.6) is 5.75 Å². The summed E-state index contributed by atoms with van der Waals surface area (Å²) in [6.45, 7) is 1.08. The second-order valence-corrected chi connectivity index (χ2v) is 4.85. The molecule has 2 aromatic rings. The predicted octanol–water partition coefficient (Wildman–Crippen LogP) is -1.17. The number of H-pyrrole nitrogens is 2. The number of carboxylic acids is 1. The van der Waals surface area contributed by atoms with Crippen LogP contribution >= 0.6 is 0 Å². The monoisotopic (exact) mass is 331 g/mol. The second-order valence-electron chi connectivity index (χ2n) is 4.85. The fraction of sp³-hybridized carbons (Fsp3) is 0.200. The van der Waals surface area contributed by atoms with Crippen molar-refractivity contribution in [1.82, 2.24) is 15.6 Å². The number of carbonyl (C=O) groups excluding carboxylic acids is 2. The van der Waals surface area contributed by atoms with Crippen molar-refractivity contribution in [3.05, 3.63) is 51.4 Å². The zero-order valence-electron chi connectivity index (χ0n) is 12.8. The summed E-state index contributed by atoms with van der Waals surface area (Å²) in [6, 6.07) is 6.58. The van der Waals surface area contributed by atoms with E-state index in [4.69, 9.17) is 4.74 Å². The van der Waals surface area contributed by atoms with Crippen molar-refractivity contribution >= 4 is 18.1 Å². The topological polar surface area (TPSA) is 139 Å². The van der Waals surface area contributed by atoms with Crippen molar-refractivity contribution in [1.29, 1.82) is 0 Å². The number of ether oxygens (including phenoxy) is 1. The summed E-state index contributed by atoms with van der Waals surface area (Å²) in [7, 11) is 0. The van der Waals surface area contributed by atoms with Gasteiger partial charge in [0.2, 0.25) is 5.91 Å². The maximum atomic E-state index is 11.8. The van der Waals surface area contributed by atoms with Crippen LogP contribution in [-0.2, 0) is 16.0 Å². The first-order chi connectivity index (χ1) is 11.5. The number of hydrogen-bond acceptors (Lipinski definition) is 6. The molecule has 1 amide bonds. The number of carbonyl (C=O) groups is 2. The minimum atomic E-state index is -1.35. The van der Waals surface area contributed by atoms with E-state index in [1.165, 1.54) is 6.21 Å². The molecule has 3 N–H and O–H groups in total. The Kier molecular flexibility index (Phi) is 5.50. The van der Waals surface area contributed by atoms with E-state index >= 15 is 0 Å². The number of nitrogens with zero attached hydrogens (tertiary/aromatic N) is 1. The third kappa shape index (κ3) is 4.57. The van der Waals surface area contributed by atoms with Gasteiger partial charge in [-0.2, -0.15) is 5.10 Å². The minimum absolute atomic E-state index is 0.120. The van der Waals surface area contributed by atoms with E-state index < -0.39 is 18.5 Å². The van der Waals surface area contributed by atoms with Crippen LogP contribution in [0.2, 0.25) is 0 Å². The molecule has 0 aliphatic carbocycles. The summed E-state index contributed by atoms with van der Waals surface area (Å²) in [5, 5.41) is 19.2. The quantitative estimate of drug-likeness (QED) is 0.433. The number of nitrogens with one attached hydrogen (secondary N) is 3. The molecular formula is C15H15N4O5-. The fourth-order valence-electron chi connectivity index (χ4n) is 1.91. The molecule has 0 saturated heterocycles. The Bertz CT molecular complexity index is 821. The number of aryl methyl sites for hydroxylation is 1. The molecule has 0 fully saturated rings. The van der Waals surface area contributed by atoms with Crippen molar-refractivity contribution in [2.24, 2.45) is 5.10 Å². The van der Waals surface area contributed by atoms with Gasteiger partial charge < -0.3 is 19.7 Å². The molecular weight excluding hydrogens is 316 g/mol. The summed E-state index contributed by atoms with van der Waals surface area (Å²) in [6.07, 6.45) is 1.20. The van der Waals surface area contributed by atoms with Gasteiger partial charge in [-0.25, -0.2) is 5.43 Å². The summed E-state index contributed by atoms with van der Waals surface area (Å²) in [5.74, 6) is -1.52. The molecule has 9 nitrogen and oxygen atoms in total. The molecule has 0 aliphatic rings. The van der Waals surface area contributed by atoms with Crippen molar-refractivity contribution < 1.29 is 19.4 Å². The lowest BCUT2D eigenvalue weighted by atomic mass is 10.2. The average Bonchev–Trinajstić information content (AvgIpc) is 2.86. The highest BCUT2D eigenvalue weighted by molar-refractivity contribution is 5.85. The van der Waals surface area contributed by atoms with Crippen LogP contribution < -0.4 is 20.8 Å². The van der Waals surface area contributed by atoms with Crippen molar-refractivity contribution in [3.8, 4) is 5.75 Å². The Morgan fingerprint density at radius 3 is 2.75 bits per heavy atom. The Labute approximate surface area is 136 Å². The lowest BCUT2D eigenvalue weighted by Gasteiger charge is -2.08. The number of benzene rings is 1. The van der Waals surface area contributed by atoms with Gasteiger partial charge in [0, 0.05) is 16.8 Å². The minimum Gasteiger partial charge on any atom is -0.546 e. The molecule has 0 spiro atoms. The summed E-state index contributed by atoms with van der Waals surface area (Å²) >= 11 is 0. The van der Waals surface area contributed by atoms with Crippen molar-refractivity contribution in [3.63, 3.8) is 0 Å². The standard InChI is InChI=1S/C15H16N4O5/c1-9-11(15(23)19-17-9)6-13(20)18-16-7-10-4-2-3-5-12(10)24-8-14(21)22/h2-5,7H,6,8H2,1H3,(H,18,20)(H,21,22)(H2,17,19,23)/p-1/b16-7-. The molecule has 1 aromatic heterocycles. The van der Waals surface area contributed by atoms with E-state index in [1.807, 2.05) is 0 Å². The van der Waals surface area contributed by atoms with Crippen LogP contribution in [0.4, 0.5) is 0 Å². The molecule has 126 valence electrons. The lowest BCUT2D eigenvalue weighted by molar-refractivity contribution is -0.307. The van der Waals surface area contributed by atoms with Gasteiger partial charge in [-0.1, -0.05) is 12.1 Å². The van der Waals surface area contributed by atoms with Gasteiger partial charge in [0.15, 0.2) is 0 Å². The zero-order chi connectivity index (χ0) is 17.5. The molecule has 2 rings (SSSR count). The Morgan fingerprint density at radius 2 is 2.08 bits per heavy atom. The average molecular weight is 331 g/mol. The number of aromatic amines is 2. The van der Waals surface area contributed by atoms with Crippen molar-refractivity contribution in [2.75, 3.05) is 6.61 Å². The van der Waals surface area contributed by atoms with Crippen LogP contribution in [-0.4, -0.2) is 34.9 Å². The van der Waals surface area contributed by atoms with E-state index in [9.17, 15) is 19.5 Å². The SMILES string of the molecule is Cc1[nH][nH]c(=O)c1CC(=O)N/N=C\c1ccccc1OCC(=O)[O-]. The zero-order valence-corrected chi connectivity index (χ0v) is 12.8. The molecule has 0 radical (unpaired) electrons. The number of amides is 1. The largest absolute Gasteiger partial charge is 0.546 e. The molecule has 0 atom stereocenters. The Balaban J connectivity index is 1.97. The molecule has 0 bridgehead atoms. The highest BCUT2D eigenvalue weighted by atomic mass is 16.5. The van der Waals surface area contributed by atoms with Crippen LogP contribution in [0.3, 0.4) is 0 Å². The molecule has 0 aliphatic heterocycles. The molecule has 1 aromatic carbocycles. The van der Waals surface area contributed by atoms with Gasteiger partial charge in [0.25, 0.3) is 5.56 Å². The molecule has 0 saturated carbocycles. The maximum absolute atomic E-state index is 11.8. The molecule has 9 heteroatoms. The third-order valence-corrected chi connectivity index (χ3v) is 3.09. The maximum Gasteiger partial charge on any atom is 0.267 e. The summed E-state index contributed by atoms with van der Waals surface area (Å²) < 4.78 is 5.06. The number of rotatable bonds is 7. The van der Waals surface area contributed by atoms with Crippen LogP contribution in [0.1, 0.15) is 16.8 Å². The van der Waals surface area contributed by atoms with E-state index in [0.29, 0.717) is 16.8 Å². The molecule has 1 heterocycles. The molecule has 24 heavy (non-hydrogen) atoms. The van der Waals surface area contributed by atoms with E-state index in [0.717, 1.165) is 0 Å². The van der Waals surface area contributed by atoms with Gasteiger partial charge in [-0.15, -0.1) is 0 Å². The highest BCUT2D eigenvalue weighted by Crippen LogP contribution is 2.15. The van der Waals surface area contributed by atoms with Crippen molar-refractivity contribution in [2.45, 2.75) is 13.3 Å². The summed E-state index contributed by atoms with van der Waals surface area (Å²) in [4.78, 5) is 33.7. The Morgan fingerprint density at radius 1 is 1.33 bits per heavy atom. The Hall–Kier alpha value is -3.36. The first kappa shape index (κ1) is 17.0. The smallest absolute Gasteiger partial charge is 0.267 e. The number of para-hydroxylation sites is 1. The fourth-order valence-corrected chi connectivity index (χ4v) is 1.91. The van der Waals surface area contributed by atoms with Gasteiger partial charge in [0.05, 0.1) is 18.6 Å².